The number of carbonyl (C=O) groups excluding carboxylic acids is 1. The van der Waals surface area contributed by atoms with E-state index in [9.17, 15) is 4.79 Å². The number of likely N-dealkylation sites (N-methyl/N-ethyl adjacent to an activating group) is 1. The zero-order chi connectivity index (χ0) is 32.0. The maximum Gasteiger partial charge on any atom is 0.320 e. The van der Waals surface area contributed by atoms with E-state index in [0.29, 0.717) is 26.4 Å². The monoisotopic (exact) mass is 639 g/mol. The van der Waals surface area contributed by atoms with E-state index in [2.05, 4.69) is 52.9 Å². The van der Waals surface area contributed by atoms with Gasteiger partial charge in [0.05, 0.1) is 35.9 Å². The molecule has 0 spiro atoms. The highest BCUT2D eigenvalue weighted by Crippen LogP contribution is 2.37. The second kappa shape index (κ2) is 12.4. The molecule has 4 aromatic heterocycles. The van der Waals surface area contributed by atoms with Crippen LogP contribution in [0.2, 0.25) is 25.7 Å². The Morgan fingerprint density at radius 1 is 0.957 bits per heavy atom. The van der Waals surface area contributed by atoms with E-state index in [4.69, 9.17) is 24.7 Å². The zero-order valence-electron chi connectivity index (χ0n) is 27.8. The highest BCUT2D eigenvalue weighted by molar-refractivity contribution is 6.76. The van der Waals surface area contributed by atoms with Crippen molar-refractivity contribution in [3.8, 4) is 34.2 Å². The largest absolute Gasteiger partial charge is 0.361 e. The van der Waals surface area contributed by atoms with Crippen molar-refractivity contribution >= 4 is 14.1 Å². The van der Waals surface area contributed by atoms with Gasteiger partial charge in [-0.1, -0.05) is 25.7 Å². The van der Waals surface area contributed by atoms with Gasteiger partial charge in [0.15, 0.2) is 5.82 Å². The minimum Gasteiger partial charge on any atom is -0.361 e. The molecule has 0 unspecified atom stereocenters. The molecule has 1 fully saturated rings. The molecule has 0 atom stereocenters. The Hall–Kier alpha value is -3.87. The Kier molecular flexibility index (Phi) is 8.28. The number of ether oxygens (including phenoxy) is 1. The summed E-state index contributed by atoms with van der Waals surface area (Å²) in [6.07, 6.45) is 3.92. The van der Waals surface area contributed by atoms with Gasteiger partial charge in [0, 0.05) is 71.3 Å². The third-order valence-corrected chi connectivity index (χ3v) is 11.0. The molecule has 0 saturated carbocycles. The minimum absolute atomic E-state index is 0.0887. The number of fused-ring (bicyclic) bond motifs is 2. The summed E-state index contributed by atoms with van der Waals surface area (Å²) < 4.78 is 10.8. The van der Waals surface area contributed by atoms with Crippen LogP contribution < -0.4 is 0 Å². The number of nitrogens with zero attached hydrogens (tertiary/aromatic N) is 9. The average Bonchev–Trinajstić information content (AvgIpc) is 3.80. The van der Waals surface area contributed by atoms with Crippen molar-refractivity contribution in [2.75, 3.05) is 39.8 Å². The summed E-state index contributed by atoms with van der Waals surface area (Å²) in [5.41, 5.74) is 7.64. The summed E-state index contributed by atoms with van der Waals surface area (Å²) in [7, 11) is 0.856. The molecule has 46 heavy (non-hydrogen) atoms. The van der Waals surface area contributed by atoms with Crippen LogP contribution in [0.5, 0.6) is 0 Å². The average molecular weight is 640 g/mol. The molecule has 0 N–H and O–H groups in total. The van der Waals surface area contributed by atoms with Crippen molar-refractivity contribution in [2.24, 2.45) is 0 Å². The van der Waals surface area contributed by atoms with E-state index >= 15 is 0 Å². The summed E-state index contributed by atoms with van der Waals surface area (Å²) in [5, 5.41) is 0. The Bertz CT molecular complexity index is 1750. The summed E-state index contributed by atoms with van der Waals surface area (Å²) in [6, 6.07) is 11.5. The molecule has 2 amide bonds. The van der Waals surface area contributed by atoms with Gasteiger partial charge < -0.3 is 28.6 Å². The van der Waals surface area contributed by atoms with Crippen LogP contribution in [0, 0.1) is 6.92 Å². The maximum atomic E-state index is 13.5. The highest BCUT2D eigenvalue weighted by Gasteiger charge is 2.34. The first-order valence-electron chi connectivity index (χ1n) is 16.5. The van der Waals surface area contributed by atoms with Crippen molar-refractivity contribution in [2.45, 2.75) is 71.8 Å². The van der Waals surface area contributed by atoms with E-state index in [1.807, 2.05) is 41.1 Å². The Balaban J connectivity index is 1.22. The SMILES string of the molecule is Cc1cccc(-c2nc3n(c2-c2ccnc(-c4nc5c(n4COCC[Si](C)(C)C)CN(C(=O)N4CCN(C)CC4)C5)c2)CCC3)n1. The molecule has 11 nitrogen and oxygen atoms in total. The van der Waals surface area contributed by atoms with Gasteiger partial charge in [-0.05, 0) is 50.7 Å². The van der Waals surface area contributed by atoms with Crippen molar-refractivity contribution in [1.29, 1.82) is 0 Å². The molecule has 0 bridgehead atoms. The van der Waals surface area contributed by atoms with Crippen LogP contribution in [0.15, 0.2) is 36.5 Å². The van der Waals surface area contributed by atoms with E-state index < -0.39 is 8.07 Å². The van der Waals surface area contributed by atoms with Gasteiger partial charge in [-0.2, -0.15) is 0 Å². The summed E-state index contributed by atoms with van der Waals surface area (Å²) in [6.45, 7) is 15.4. The van der Waals surface area contributed by atoms with Gasteiger partial charge >= 0.3 is 6.03 Å². The third-order valence-electron chi connectivity index (χ3n) is 9.32. The fraction of sp³-hybridized carbons (Fsp3) is 0.500. The van der Waals surface area contributed by atoms with Gasteiger partial charge in [0.1, 0.15) is 23.9 Å². The lowest BCUT2D eigenvalue weighted by Gasteiger charge is -2.34. The van der Waals surface area contributed by atoms with Crippen molar-refractivity contribution in [1.82, 2.24) is 43.8 Å². The molecule has 0 aliphatic carbocycles. The van der Waals surface area contributed by atoms with Crippen LogP contribution in [-0.2, 0) is 37.5 Å². The lowest BCUT2D eigenvalue weighted by Crippen LogP contribution is -2.50. The van der Waals surface area contributed by atoms with E-state index in [1.165, 1.54) is 0 Å². The quantitative estimate of drug-likeness (QED) is 0.195. The van der Waals surface area contributed by atoms with E-state index in [-0.39, 0.29) is 6.03 Å². The van der Waals surface area contributed by atoms with Crippen LogP contribution >= 0.6 is 0 Å². The third kappa shape index (κ3) is 6.13. The first-order valence-corrected chi connectivity index (χ1v) is 20.2. The van der Waals surface area contributed by atoms with Crippen molar-refractivity contribution < 1.29 is 9.53 Å². The summed E-state index contributed by atoms with van der Waals surface area (Å²) in [4.78, 5) is 39.5. The number of hydrogen-bond donors (Lipinski definition) is 0. The standard InChI is InChI=1S/C34H45N9O2Si/c1-24-8-6-9-26(36-24)31-32(42-13-7-10-30(42)38-31)25-11-12-35-27(20-25)33-37-28-21-41(34(44)40-16-14-39(2)15-17-40)22-29(28)43(33)23-45-18-19-46(3,4)5/h6,8-9,11-12,20H,7,10,13-19,21-23H2,1-5H3. The van der Waals surface area contributed by atoms with Gasteiger partial charge in [-0.3, -0.25) is 9.97 Å². The molecule has 0 radical (unpaired) electrons. The Labute approximate surface area is 272 Å². The van der Waals surface area contributed by atoms with Gasteiger partial charge in [0.25, 0.3) is 0 Å². The number of amides is 2. The fourth-order valence-corrected chi connectivity index (χ4v) is 7.39. The normalized spacial score (nSPS) is 16.7. The van der Waals surface area contributed by atoms with Crippen molar-refractivity contribution in [3.05, 3.63) is 59.4 Å². The minimum atomic E-state index is -1.25. The molecular formula is C34H45N9O2Si. The number of rotatable bonds is 8. The number of hydrogen-bond acceptors (Lipinski definition) is 7. The molecule has 242 valence electrons. The molecule has 1 saturated heterocycles. The first-order chi connectivity index (χ1) is 22.1. The predicted octanol–water partition coefficient (Wildman–Crippen LogP) is 5.12. The number of imidazole rings is 2. The molecular weight excluding hydrogens is 595 g/mol. The molecule has 12 heteroatoms. The van der Waals surface area contributed by atoms with Crippen LogP contribution in [0.25, 0.3) is 34.2 Å². The van der Waals surface area contributed by atoms with Gasteiger partial charge in [-0.25, -0.2) is 14.8 Å². The lowest BCUT2D eigenvalue weighted by molar-refractivity contribution is 0.0847. The van der Waals surface area contributed by atoms with Crippen molar-refractivity contribution in [3.63, 3.8) is 0 Å². The number of urea groups is 1. The zero-order valence-corrected chi connectivity index (χ0v) is 28.8. The number of aromatic nitrogens is 6. The second-order valence-corrected chi connectivity index (χ2v) is 19.7. The molecule has 7 heterocycles. The van der Waals surface area contributed by atoms with Crippen LogP contribution in [0.3, 0.4) is 0 Å². The smallest absolute Gasteiger partial charge is 0.320 e. The first kappa shape index (κ1) is 30.8. The van der Waals surface area contributed by atoms with Gasteiger partial charge in [0.2, 0.25) is 0 Å². The van der Waals surface area contributed by atoms with Gasteiger partial charge in [-0.15, -0.1) is 0 Å². The second-order valence-electron chi connectivity index (χ2n) is 14.1. The predicted molar refractivity (Wildman–Crippen MR) is 181 cm³/mol. The Morgan fingerprint density at radius 2 is 1.78 bits per heavy atom. The molecule has 3 aliphatic heterocycles. The number of aryl methyl sites for hydroxylation is 2. The maximum absolute atomic E-state index is 13.5. The Morgan fingerprint density at radius 3 is 2.57 bits per heavy atom. The summed E-state index contributed by atoms with van der Waals surface area (Å²) >= 11 is 0. The molecule has 4 aromatic rings. The number of carbonyl (C=O) groups is 1. The van der Waals surface area contributed by atoms with E-state index in [0.717, 1.165) is 109 Å². The lowest BCUT2D eigenvalue weighted by atomic mass is 10.1. The van der Waals surface area contributed by atoms with E-state index in [1.54, 1.807) is 0 Å². The highest BCUT2D eigenvalue weighted by atomic mass is 28.3. The number of piperazine rings is 1. The molecule has 0 aromatic carbocycles. The fourth-order valence-electron chi connectivity index (χ4n) is 6.63. The van der Waals surface area contributed by atoms with Crippen LogP contribution in [0.4, 0.5) is 4.79 Å². The topological polar surface area (TPSA) is 97.4 Å². The summed E-state index contributed by atoms with van der Waals surface area (Å²) in [5.74, 6) is 1.89. The van der Waals surface area contributed by atoms with Crippen LogP contribution in [-0.4, -0.2) is 97.7 Å². The number of pyridine rings is 2. The molecule has 3 aliphatic rings. The molecule has 7 rings (SSSR count). The van der Waals surface area contributed by atoms with Crippen LogP contribution in [0.1, 0.15) is 29.3 Å².